The van der Waals surface area contributed by atoms with Crippen molar-refractivity contribution in [2.75, 3.05) is 32.8 Å². The third kappa shape index (κ3) is 5.27. The number of phenols is 1. The van der Waals surface area contributed by atoms with Crippen LogP contribution in [0.4, 0.5) is 0 Å². The summed E-state index contributed by atoms with van der Waals surface area (Å²) in [6, 6.07) is 7.95. The van der Waals surface area contributed by atoms with Crippen LogP contribution in [-0.2, 0) is 6.54 Å². The van der Waals surface area contributed by atoms with Gasteiger partial charge in [0.15, 0.2) is 0 Å². The smallest absolute Gasteiger partial charge is 0.115 e. The molecule has 0 aliphatic carbocycles. The Hall–Kier alpha value is -1.10. The summed E-state index contributed by atoms with van der Waals surface area (Å²) in [7, 11) is 0. The topological polar surface area (TPSA) is 46.9 Å². The van der Waals surface area contributed by atoms with Gasteiger partial charge in [-0.15, -0.1) is 0 Å². The second-order valence-electron chi connectivity index (χ2n) is 6.79. The Bertz CT molecular complexity index is 450. The highest BCUT2D eigenvalue weighted by atomic mass is 16.3. The molecule has 2 N–H and O–H groups in total. The van der Waals surface area contributed by atoms with Crippen LogP contribution in [0.2, 0.25) is 0 Å². The molecule has 1 aromatic carbocycles. The van der Waals surface area contributed by atoms with E-state index in [9.17, 15) is 10.2 Å². The first-order valence-electron chi connectivity index (χ1n) is 8.43. The molecular formula is C18H30N2O2. The van der Waals surface area contributed by atoms with E-state index in [1.807, 2.05) is 12.1 Å². The third-order valence-electron chi connectivity index (χ3n) is 4.46. The van der Waals surface area contributed by atoms with Gasteiger partial charge in [0, 0.05) is 38.8 Å². The van der Waals surface area contributed by atoms with Gasteiger partial charge in [-0.1, -0.05) is 26.0 Å². The summed E-state index contributed by atoms with van der Waals surface area (Å²) in [6.07, 6.45) is 2.06. The second kappa shape index (κ2) is 8.51. The molecule has 0 aromatic heterocycles. The second-order valence-corrected chi connectivity index (χ2v) is 6.79. The van der Waals surface area contributed by atoms with Crippen LogP contribution in [0.1, 0.15) is 32.3 Å². The minimum atomic E-state index is 0.253. The predicted molar refractivity (Wildman–Crippen MR) is 89.9 cm³/mol. The number of hydrogen-bond acceptors (Lipinski definition) is 4. The van der Waals surface area contributed by atoms with Crippen molar-refractivity contribution in [3.8, 4) is 5.75 Å². The first-order chi connectivity index (χ1) is 10.6. The minimum absolute atomic E-state index is 0.253. The van der Waals surface area contributed by atoms with E-state index in [1.54, 1.807) is 6.07 Å². The van der Waals surface area contributed by atoms with E-state index in [4.69, 9.17) is 0 Å². The average molecular weight is 306 g/mol. The number of benzene rings is 1. The fourth-order valence-corrected chi connectivity index (χ4v) is 3.16. The van der Waals surface area contributed by atoms with Crippen molar-refractivity contribution >= 4 is 0 Å². The number of aliphatic hydroxyl groups excluding tert-OH is 1. The summed E-state index contributed by atoms with van der Waals surface area (Å²) in [4.78, 5) is 4.97. The van der Waals surface area contributed by atoms with E-state index in [1.165, 1.54) is 6.42 Å². The standard InChI is InChI=1S/C18H30N2O2/c1-15(2)6-8-20-10-9-19(14-17(20)7-11-21)13-16-4-3-5-18(22)12-16/h3-5,12,15,17,21-22H,6-11,13-14H2,1-2H3/t17-/m1/s1. The molecule has 0 bridgehead atoms. The molecule has 1 aliphatic rings. The molecule has 124 valence electrons. The number of aromatic hydroxyl groups is 1. The normalized spacial score (nSPS) is 20.6. The largest absolute Gasteiger partial charge is 0.508 e. The highest BCUT2D eigenvalue weighted by molar-refractivity contribution is 5.27. The van der Waals surface area contributed by atoms with Crippen LogP contribution in [0.15, 0.2) is 24.3 Å². The van der Waals surface area contributed by atoms with Crippen molar-refractivity contribution in [1.29, 1.82) is 0 Å². The van der Waals surface area contributed by atoms with Gasteiger partial charge in [-0.2, -0.15) is 0 Å². The maximum Gasteiger partial charge on any atom is 0.115 e. The summed E-state index contributed by atoms with van der Waals surface area (Å²) < 4.78 is 0. The maximum absolute atomic E-state index is 9.58. The fourth-order valence-electron chi connectivity index (χ4n) is 3.16. The van der Waals surface area contributed by atoms with Gasteiger partial charge >= 0.3 is 0 Å². The van der Waals surface area contributed by atoms with E-state index in [0.717, 1.165) is 50.6 Å². The zero-order chi connectivity index (χ0) is 15.9. The lowest BCUT2D eigenvalue weighted by molar-refractivity contribution is 0.0524. The monoisotopic (exact) mass is 306 g/mol. The van der Waals surface area contributed by atoms with Crippen LogP contribution in [0.5, 0.6) is 5.75 Å². The van der Waals surface area contributed by atoms with Crippen LogP contribution in [-0.4, -0.2) is 58.8 Å². The van der Waals surface area contributed by atoms with E-state index in [2.05, 4.69) is 29.7 Å². The summed E-state index contributed by atoms with van der Waals surface area (Å²) >= 11 is 0. The Balaban J connectivity index is 1.91. The number of nitrogens with zero attached hydrogens (tertiary/aromatic N) is 2. The first kappa shape index (κ1) is 17.3. The molecule has 0 amide bonds. The van der Waals surface area contributed by atoms with Crippen LogP contribution >= 0.6 is 0 Å². The molecule has 4 nitrogen and oxygen atoms in total. The Kier molecular flexibility index (Phi) is 6.68. The molecule has 0 spiro atoms. The summed E-state index contributed by atoms with van der Waals surface area (Å²) in [5, 5.41) is 18.9. The van der Waals surface area contributed by atoms with Gasteiger partial charge in [0.1, 0.15) is 5.75 Å². The molecule has 22 heavy (non-hydrogen) atoms. The molecule has 1 fully saturated rings. The fraction of sp³-hybridized carbons (Fsp3) is 0.667. The molecule has 1 saturated heterocycles. The van der Waals surface area contributed by atoms with Crippen LogP contribution in [0.25, 0.3) is 0 Å². The maximum atomic E-state index is 9.58. The molecule has 0 radical (unpaired) electrons. The lowest BCUT2D eigenvalue weighted by Gasteiger charge is -2.41. The van der Waals surface area contributed by atoms with E-state index in [-0.39, 0.29) is 6.61 Å². The van der Waals surface area contributed by atoms with Gasteiger partial charge in [0.2, 0.25) is 0 Å². The van der Waals surface area contributed by atoms with E-state index >= 15 is 0 Å². The Morgan fingerprint density at radius 1 is 1.27 bits per heavy atom. The van der Waals surface area contributed by atoms with E-state index in [0.29, 0.717) is 11.8 Å². The van der Waals surface area contributed by atoms with E-state index < -0.39 is 0 Å². The van der Waals surface area contributed by atoms with Gasteiger partial charge in [0.25, 0.3) is 0 Å². The zero-order valence-corrected chi connectivity index (χ0v) is 13.9. The Morgan fingerprint density at radius 3 is 2.77 bits per heavy atom. The number of phenolic OH excluding ortho intramolecular Hbond substituents is 1. The first-order valence-corrected chi connectivity index (χ1v) is 8.43. The summed E-state index contributed by atoms with van der Waals surface area (Å²) in [6.45, 7) is 9.89. The van der Waals surface area contributed by atoms with Gasteiger partial charge in [-0.25, -0.2) is 0 Å². The van der Waals surface area contributed by atoms with Gasteiger partial charge in [-0.05, 0) is 43.0 Å². The van der Waals surface area contributed by atoms with Crippen molar-refractivity contribution in [2.45, 2.75) is 39.3 Å². The number of piperazine rings is 1. The number of aliphatic hydroxyl groups is 1. The molecule has 0 unspecified atom stereocenters. The van der Waals surface area contributed by atoms with Gasteiger partial charge in [0.05, 0.1) is 0 Å². The molecule has 1 heterocycles. The molecule has 4 heteroatoms. The van der Waals surface area contributed by atoms with Crippen molar-refractivity contribution in [3.05, 3.63) is 29.8 Å². The quantitative estimate of drug-likeness (QED) is 0.811. The number of hydrogen-bond donors (Lipinski definition) is 2. The molecule has 0 saturated carbocycles. The number of rotatable bonds is 7. The Labute approximate surface area is 134 Å². The summed E-state index contributed by atoms with van der Waals surface area (Å²) in [5.41, 5.74) is 1.15. The van der Waals surface area contributed by atoms with Gasteiger partial charge < -0.3 is 10.2 Å². The van der Waals surface area contributed by atoms with Crippen molar-refractivity contribution < 1.29 is 10.2 Å². The molecular weight excluding hydrogens is 276 g/mol. The van der Waals surface area contributed by atoms with Crippen molar-refractivity contribution in [3.63, 3.8) is 0 Å². The zero-order valence-electron chi connectivity index (χ0n) is 13.9. The van der Waals surface area contributed by atoms with Crippen molar-refractivity contribution in [1.82, 2.24) is 9.80 Å². The van der Waals surface area contributed by atoms with Gasteiger partial charge in [-0.3, -0.25) is 9.80 Å². The highest BCUT2D eigenvalue weighted by Crippen LogP contribution is 2.18. The lowest BCUT2D eigenvalue weighted by Crippen LogP contribution is -2.53. The Morgan fingerprint density at radius 2 is 2.09 bits per heavy atom. The lowest BCUT2D eigenvalue weighted by atomic mass is 10.0. The van der Waals surface area contributed by atoms with Crippen LogP contribution < -0.4 is 0 Å². The molecule has 1 aromatic rings. The third-order valence-corrected chi connectivity index (χ3v) is 4.46. The summed E-state index contributed by atoms with van der Waals surface area (Å²) in [5.74, 6) is 1.06. The average Bonchev–Trinajstić information content (AvgIpc) is 2.46. The van der Waals surface area contributed by atoms with Crippen LogP contribution in [0, 0.1) is 5.92 Å². The van der Waals surface area contributed by atoms with Crippen LogP contribution in [0.3, 0.4) is 0 Å². The minimum Gasteiger partial charge on any atom is -0.508 e. The SMILES string of the molecule is CC(C)CCN1CCN(Cc2cccc(O)c2)C[C@H]1CCO. The van der Waals surface area contributed by atoms with Crippen molar-refractivity contribution in [2.24, 2.45) is 5.92 Å². The molecule has 1 atom stereocenters. The molecule has 2 rings (SSSR count). The highest BCUT2D eigenvalue weighted by Gasteiger charge is 2.26. The predicted octanol–water partition coefficient (Wildman–Crippen LogP) is 2.31. The molecule has 1 aliphatic heterocycles.